The first-order valence-electron chi connectivity index (χ1n) is 5.59. The number of nitriles is 1. The van der Waals surface area contributed by atoms with Crippen LogP contribution in [0.15, 0.2) is 18.2 Å². The van der Waals surface area contributed by atoms with E-state index in [0.29, 0.717) is 5.56 Å². The van der Waals surface area contributed by atoms with E-state index in [0.717, 1.165) is 0 Å². The molecule has 3 N–H and O–H groups in total. The Balaban J connectivity index is 2.83. The Morgan fingerprint density at radius 2 is 2.26 bits per heavy atom. The number of carbonyl (C=O) groups is 1. The van der Waals surface area contributed by atoms with Crippen LogP contribution in [-0.4, -0.2) is 21.9 Å². The summed E-state index contributed by atoms with van der Waals surface area (Å²) in [5.41, 5.74) is 5.94. The van der Waals surface area contributed by atoms with E-state index in [1.54, 1.807) is 32.0 Å². The third-order valence-corrected chi connectivity index (χ3v) is 4.27. The van der Waals surface area contributed by atoms with E-state index in [1.807, 2.05) is 0 Å². The third kappa shape index (κ3) is 3.69. The normalized spacial score (nSPS) is 12.8. The highest BCUT2D eigenvalue weighted by molar-refractivity contribution is 7.99. The molecule has 19 heavy (non-hydrogen) atoms. The number of hydrogen-bond donors (Lipinski definition) is 2. The molecule has 0 aliphatic heterocycles. The molecule has 1 aromatic carbocycles. The van der Waals surface area contributed by atoms with Gasteiger partial charge < -0.3 is 10.8 Å². The molecule has 6 heteroatoms. The minimum Gasteiger partial charge on any atom is -0.480 e. The van der Waals surface area contributed by atoms with Crippen LogP contribution in [-0.2, 0) is 10.5 Å². The molecule has 0 radical (unpaired) electrons. The SMILES string of the molecule is CC(C)(SCc1cccc(C#N)c1F)[C@@H](N)C(=O)O. The average Bonchev–Trinajstić information content (AvgIpc) is 2.36. The smallest absolute Gasteiger partial charge is 0.321 e. The number of hydrogen-bond acceptors (Lipinski definition) is 4. The highest BCUT2D eigenvalue weighted by Gasteiger charge is 2.32. The molecule has 0 bridgehead atoms. The van der Waals surface area contributed by atoms with Crippen LogP contribution in [0.5, 0.6) is 0 Å². The van der Waals surface area contributed by atoms with Crippen molar-refractivity contribution in [2.75, 3.05) is 0 Å². The molecule has 0 fully saturated rings. The molecule has 0 saturated carbocycles. The van der Waals surface area contributed by atoms with Crippen molar-refractivity contribution in [1.82, 2.24) is 0 Å². The third-order valence-electron chi connectivity index (χ3n) is 2.81. The van der Waals surface area contributed by atoms with Crippen LogP contribution in [0.2, 0.25) is 0 Å². The summed E-state index contributed by atoms with van der Waals surface area (Å²) in [7, 11) is 0. The standard InChI is InChI=1S/C13H15FN2O2S/c1-13(2,11(16)12(17)18)19-7-9-5-3-4-8(6-15)10(9)14/h3-5,11H,7,16H2,1-2H3,(H,17,18)/t11-/m0/s1. The first-order chi connectivity index (χ1) is 8.79. The van der Waals surface area contributed by atoms with Gasteiger partial charge in [-0.25, -0.2) is 4.39 Å². The topological polar surface area (TPSA) is 87.1 Å². The summed E-state index contributed by atoms with van der Waals surface area (Å²) in [6.45, 7) is 3.39. The number of halogens is 1. The maximum absolute atomic E-state index is 13.8. The molecule has 1 rings (SSSR count). The zero-order valence-electron chi connectivity index (χ0n) is 10.7. The molecule has 4 nitrogen and oxygen atoms in total. The van der Waals surface area contributed by atoms with Gasteiger partial charge in [-0.05, 0) is 25.5 Å². The van der Waals surface area contributed by atoms with Crippen molar-refractivity contribution in [2.24, 2.45) is 5.73 Å². The number of rotatable bonds is 5. The van der Waals surface area contributed by atoms with Gasteiger partial charge in [0.25, 0.3) is 0 Å². The van der Waals surface area contributed by atoms with Crippen LogP contribution in [0.25, 0.3) is 0 Å². The van der Waals surface area contributed by atoms with E-state index >= 15 is 0 Å². The maximum atomic E-state index is 13.8. The van der Waals surface area contributed by atoms with Crippen molar-refractivity contribution in [1.29, 1.82) is 5.26 Å². The number of thioether (sulfide) groups is 1. The van der Waals surface area contributed by atoms with E-state index in [4.69, 9.17) is 16.1 Å². The number of carboxylic acids is 1. The maximum Gasteiger partial charge on any atom is 0.321 e. The quantitative estimate of drug-likeness (QED) is 0.863. The van der Waals surface area contributed by atoms with E-state index < -0.39 is 22.6 Å². The van der Waals surface area contributed by atoms with Crippen LogP contribution in [0.1, 0.15) is 25.0 Å². The Morgan fingerprint density at radius 1 is 1.63 bits per heavy atom. The number of carboxylic acid groups (broad SMARTS) is 1. The van der Waals surface area contributed by atoms with Crippen LogP contribution >= 0.6 is 11.8 Å². The predicted molar refractivity (Wildman–Crippen MR) is 72.1 cm³/mol. The fourth-order valence-electron chi connectivity index (χ4n) is 1.43. The van der Waals surface area contributed by atoms with Gasteiger partial charge in [0.2, 0.25) is 0 Å². The first-order valence-corrected chi connectivity index (χ1v) is 6.58. The van der Waals surface area contributed by atoms with Gasteiger partial charge in [0.1, 0.15) is 17.9 Å². The zero-order chi connectivity index (χ0) is 14.6. The molecule has 0 saturated heterocycles. The van der Waals surface area contributed by atoms with Gasteiger partial charge in [-0.15, -0.1) is 11.8 Å². The summed E-state index contributed by atoms with van der Waals surface area (Å²) in [4.78, 5) is 10.9. The Hall–Kier alpha value is -1.58. The fourth-order valence-corrected chi connectivity index (χ4v) is 2.46. The summed E-state index contributed by atoms with van der Waals surface area (Å²) in [5, 5.41) is 17.6. The van der Waals surface area contributed by atoms with Gasteiger partial charge in [-0.2, -0.15) is 5.26 Å². The Labute approximate surface area is 115 Å². The summed E-state index contributed by atoms with van der Waals surface area (Å²) in [5.74, 6) is -1.39. The number of aliphatic carboxylic acids is 1. The second-order valence-electron chi connectivity index (χ2n) is 4.60. The molecule has 102 valence electrons. The largest absolute Gasteiger partial charge is 0.480 e. The fraction of sp³-hybridized carbons (Fsp3) is 0.385. The highest BCUT2D eigenvalue weighted by atomic mass is 32.2. The van der Waals surface area contributed by atoms with Crippen LogP contribution < -0.4 is 5.73 Å². The highest BCUT2D eigenvalue weighted by Crippen LogP contribution is 2.31. The van der Waals surface area contributed by atoms with Gasteiger partial charge in [-0.1, -0.05) is 12.1 Å². The molecule has 0 aliphatic carbocycles. The van der Waals surface area contributed by atoms with Crippen LogP contribution in [0.3, 0.4) is 0 Å². The molecule has 0 aliphatic rings. The summed E-state index contributed by atoms with van der Waals surface area (Å²) in [6, 6.07) is 5.30. The van der Waals surface area contributed by atoms with Gasteiger partial charge in [0.15, 0.2) is 0 Å². The van der Waals surface area contributed by atoms with Gasteiger partial charge in [-0.3, -0.25) is 4.79 Å². The van der Waals surface area contributed by atoms with Crippen molar-refractivity contribution in [2.45, 2.75) is 30.4 Å². The molecule has 1 aromatic rings. The molecule has 1 atom stereocenters. The van der Waals surface area contributed by atoms with E-state index in [-0.39, 0.29) is 11.3 Å². The summed E-state index contributed by atoms with van der Waals surface area (Å²) >= 11 is 1.25. The van der Waals surface area contributed by atoms with E-state index in [9.17, 15) is 9.18 Å². The number of benzene rings is 1. The Kier molecular flexibility index (Phi) is 4.92. The number of nitrogens with zero attached hydrogens (tertiary/aromatic N) is 1. The zero-order valence-corrected chi connectivity index (χ0v) is 11.5. The second kappa shape index (κ2) is 6.04. The summed E-state index contributed by atoms with van der Waals surface area (Å²) in [6.07, 6.45) is 0. The lowest BCUT2D eigenvalue weighted by Gasteiger charge is -2.28. The molecule has 0 unspecified atom stereocenters. The van der Waals surface area contributed by atoms with E-state index in [1.165, 1.54) is 17.8 Å². The van der Waals surface area contributed by atoms with Crippen LogP contribution in [0, 0.1) is 17.1 Å². The Morgan fingerprint density at radius 3 is 2.79 bits per heavy atom. The van der Waals surface area contributed by atoms with E-state index in [2.05, 4.69) is 0 Å². The minimum atomic E-state index is -1.09. The minimum absolute atomic E-state index is 0.0153. The lowest BCUT2D eigenvalue weighted by Crippen LogP contribution is -2.46. The Bertz CT molecular complexity index is 526. The molecule has 0 spiro atoms. The lowest BCUT2D eigenvalue weighted by molar-refractivity contribution is -0.139. The van der Waals surface area contributed by atoms with Crippen molar-refractivity contribution in [3.8, 4) is 6.07 Å². The number of nitrogens with two attached hydrogens (primary N) is 1. The molecule has 0 amide bonds. The van der Waals surface area contributed by atoms with Gasteiger partial charge >= 0.3 is 5.97 Å². The molecular formula is C13H15FN2O2S. The second-order valence-corrected chi connectivity index (χ2v) is 6.23. The first kappa shape index (κ1) is 15.5. The monoisotopic (exact) mass is 282 g/mol. The lowest BCUT2D eigenvalue weighted by atomic mass is 10.1. The average molecular weight is 282 g/mol. The van der Waals surface area contributed by atoms with Gasteiger partial charge in [0.05, 0.1) is 5.56 Å². The van der Waals surface area contributed by atoms with Crippen LogP contribution in [0.4, 0.5) is 4.39 Å². The summed E-state index contributed by atoms with van der Waals surface area (Å²) < 4.78 is 13.1. The molecule has 0 heterocycles. The van der Waals surface area contributed by atoms with Crippen molar-refractivity contribution < 1.29 is 14.3 Å². The van der Waals surface area contributed by atoms with Crippen molar-refractivity contribution in [3.63, 3.8) is 0 Å². The predicted octanol–water partition coefficient (Wildman–Crippen LogP) is 2.12. The van der Waals surface area contributed by atoms with Crippen molar-refractivity contribution >= 4 is 17.7 Å². The molecular weight excluding hydrogens is 267 g/mol. The van der Waals surface area contributed by atoms with Gasteiger partial charge in [0, 0.05) is 10.5 Å². The molecule has 0 aromatic heterocycles. The van der Waals surface area contributed by atoms with Crippen molar-refractivity contribution in [3.05, 3.63) is 35.1 Å².